The van der Waals surface area contributed by atoms with E-state index in [-0.39, 0.29) is 25.1 Å². The van der Waals surface area contributed by atoms with Crippen LogP contribution < -0.4 is 0 Å². The zero-order valence-electron chi connectivity index (χ0n) is 10.9. The number of hydrogen-bond acceptors (Lipinski definition) is 4. The van der Waals surface area contributed by atoms with Crippen LogP contribution >= 0.6 is 11.6 Å². The number of ether oxygens (including phenoxy) is 3. The summed E-state index contributed by atoms with van der Waals surface area (Å²) in [6.45, 7) is 2.70. The molecule has 1 aliphatic heterocycles. The van der Waals surface area contributed by atoms with Gasteiger partial charge in [0, 0.05) is 5.02 Å². The van der Waals surface area contributed by atoms with E-state index in [9.17, 15) is 5.11 Å². The summed E-state index contributed by atoms with van der Waals surface area (Å²) < 4.78 is 16.8. The molecular weight excluding hydrogens is 268 g/mol. The average Bonchev–Trinajstić information content (AvgIpc) is 2.46. The van der Waals surface area contributed by atoms with Crippen LogP contribution in [0.1, 0.15) is 18.9 Å². The highest BCUT2D eigenvalue weighted by Crippen LogP contribution is 2.21. The van der Waals surface area contributed by atoms with Crippen molar-refractivity contribution in [2.24, 2.45) is 0 Å². The SMILES string of the molecule is CC[C@H]1OC[C@@H](OCc2ccccc2Cl)[C@@H](CO)O1. The zero-order chi connectivity index (χ0) is 13.7. The van der Waals surface area contributed by atoms with E-state index in [1.165, 1.54) is 0 Å². The molecule has 3 atom stereocenters. The van der Waals surface area contributed by atoms with Crippen LogP contribution in [0.3, 0.4) is 0 Å². The summed E-state index contributed by atoms with van der Waals surface area (Å²) in [4.78, 5) is 0. The van der Waals surface area contributed by atoms with Crippen molar-refractivity contribution >= 4 is 11.6 Å². The van der Waals surface area contributed by atoms with E-state index in [1.807, 2.05) is 31.2 Å². The number of benzene rings is 1. The molecule has 2 rings (SSSR count). The summed E-state index contributed by atoms with van der Waals surface area (Å²) in [7, 11) is 0. The molecule has 1 aliphatic rings. The highest BCUT2D eigenvalue weighted by atomic mass is 35.5. The maximum atomic E-state index is 9.34. The van der Waals surface area contributed by atoms with Gasteiger partial charge < -0.3 is 19.3 Å². The Labute approximate surface area is 118 Å². The molecule has 1 aromatic carbocycles. The van der Waals surface area contributed by atoms with Gasteiger partial charge in [-0.15, -0.1) is 0 Å². The normalized spacial score (nSPS) is 27.4. The third-order valence-electron chi connectivity index (χ3n) is 3.11. The molecule has 0 aromatic heterocycles. The molecule has 4 nitrogen and oxygen atoms in total. The largest absolute Gasteiger partial charge is 0.394 e. The minimum Gasteiger partial charge on any atom is -0.394 e. The van der Waals surface area contributed by atoms with Crippen molar-refractivity contribution in [1.29, 1.82) is 0 Å². The van der Waals surface area contributed by atoms with Crippen LogP contribution in [0.25, 0.3) is 0 Å². The van der Waals surface area contributed by atoms with E-state index in [0.29, 0.717) is 18.2 Å². The van der Waals surface area contributed by atoms with E-state index in [4.69, 9.17) is 25.8 Å². The summed E-state index contributed by atoms with van der Waals surface area (Å²) in [5.41, 5.74) is 0.915. The number of halogens is 1. The predicted octanol–water partition coefficient (Wildman–Crippen LogP) is 2.37. The quantitative estimate of drug-likeness (QED) is 0.903. The van der Waals surface area contributed by atoms with Crippen LogP contribution in [-0.2, 0) is 20.8 Å². The number of rotatable bonds is 5. The lowest BCUT2D eigenvalue weighted by molar-refractivity contribution is -0.269. The molecule has 0 aliphatic carbocycles. The molecule has 0 unspecified atom stereocenters. The molecule has 5 heteroatoms. The first-order valence-electron chi connectivity index (χ1n) is 6.47. The van der Waals surface area contributed by atoms with Gasteiger partial charge in [0.05, 0.1) is 19.8 Å². The maximum Gasteiger partial charge on any atom is 0.158 e. The lowest BCUT2D eigenvalue weighted by Crippen LogP contribution is -2.46. The molecule has 0 spiro atoms. The van der Waals surface area contributed by atoms with Crippen molar-refractivity contribution in [2.75, 3.05) is 13.2 Å². The van der Waals surface area contributed by atoms with Gasteiger partial charge >= 0.3 is 0 Å². The Kier molecular flexibility index (Phi) is 5.60. The number of aliphatic hydroxyl groups is 1. The highest BCUT2D eigenvalue weighted by Gasteiger charge is 2.31. The van der Waals surface area contributed by atoms with Gasteiger partial charge in [-0.3, -0.25) is 0 Å². The van der Waals surface area contributed by atoms with Gasteiger partial charge in [-0.1, -0.05) is 36.7 Å². The molecule has 1 aromatic rings. The van der Waals surface area contributed by atoms with Crippen LogP contribution in [0, 0.1) is 0 Å². The van der Waals surface area contributed by atoms with Crippen molar-refractivity contribution in [3.63, 3.8) is 0 Å². The molecule has 0 radical (unpaired) electrons. The smallest absolute Gasteiger partial charge is 0.158 e. The maximum absolute atomic E-state index is 9.34. The molecule has 19 heavy (non-hydrogen) atoms. The monoisotopic (exact) mass is 286 g/mol. The molecule has 1 fully saturated rings. The first-order valence-corrected chi connectivity index (χ1v) is 6.85. The van der Waals surface area contributed by atoms with E-state index >= 15 is 0 Å². The van der Waals surface area contributed by atoms with Gasteiger partial charge in [0.2, 0.25) is 0 Å². The Morgan fingerprint density at radius 2 is 2.21 bits per heavy atom. The second kappa shape index (κ2) is 7.22. The Bertz CT molecular complexity index is 399. The lowest BCUT2D eigenvalue weighted by atomic mass is 10.2. The van der Waals surface area contributed by atoms with Crippen molar-refractivity contribution < 1.29 is 19.3 Å². The standard InChI is InChI=1S/C14H19ClO4/c1-2-14-18-9-13(12(7-16)19-14)17-8-10-5-3-4-6-11(10)15/h3-6,12-14,16H,2,7-9H2,1H3/t12-,13-,14+/m1/s1. The summed E-state index contributed by atoms with van der Waals surface area (Å²) in [5.74, 6) is 0. The van der Waals surface area contributed by atoms with Crippen molar-refractivity contribution in [2.45, 2.75) is 38.4 Å². The van der Waals surface area contributed by atoms with Gasteiger partial charge in [0.25, 0.3) is 0 Å². The van der Waals surface area contributed by atoms with Crippen LogP contribution in [0.4, 0.5) is 0 Å². The Balaban J connectivity index is 1.90. The average molecular weight is 287 g/mol. The van der Waals surface area contributed by atoms with E-state index in [1.54, 1.807) is 0 Å². The van der Waals surface area contributed by atoms with Crippen molar-refractivity contribution in [1.82, 2.24) is 0 Å². The van der Waals surface area contributed by atoms with Gasteiger partial charge in [0.15, 0.2) is 6.29 Å². The summed E-state index contributed by atoms with van der Waals surface area (Å²) in [6.07, 6.45) is -0.115. The predicted molar refractivity (Wildman–Crippen MR) is 72.0 cm³/mol. The molecule has 0 saturated carbocycles. The molecular formula is C14H19ClO4. The van der Waals surface area contributed by atoms with E-state index in [0.717, 1.165) is 12.0 Å². The Hall–Kier alpha value is -0.650. The van der Waals surface area contributed by atoms with Gasteiger partial charge in [-0.25, -0.2) is 0 Å². The zero-order valence-corrected chi connectivity index (χ0v) is 11.7. The third-order valence-corrected chi connectivity index (χ3v) is 3.48. The highest BCUT2D eigenvalue weighted by molar-refractivity contribution is 6.31. The van der Waals surface area contributed by atoms with E-state index in [2.05, 4.69) is 0 Å². The molecule has 1 saturated heterocycles. The second-order valence-electron chi connectivity index (χ2n) is 4.47. The van der Waals surface area contributed by atoms with Gasteiger partial charge in [0.1, 0.15) is 12.2 Å². The van der Waals surface area contributed by atoms with Crippen LogP contribution in [-0.4, -0.2) is 36.8 Å². The summed E-state index contributed by atoms with van der Waals surface area (Å²) >= 11 is 6.07. The number of aliphatic hydroxyl groups excluding tert-OH is 1. The molecule has 1 heterocycles. The lowest BCUT2D eigenvalue weighted by Gasteiger charge is -2.35. The Morgan fingerprint density at radius 3 is 2.89 bits per heavy atom. The number of hydrogen-bond donors (Lipinski definition) is 1. The molecule has 0 bridgehead atoms. The minimum atomic E-state index is -0.346. The molecule has 1 N–H and O–H groups in total. The van der Waals surface area contributed by atoms with Crippen LogP contribution in [0.2, 0.25) is 5.02 Å². The van der Waals surface area contributed by atoms with Gasteiger partial charge in [-0.05, 0) is 18.1 Å². The summed E-state index contributed by atoms with van der Waals surface area (Å²) in [5, 5.41) is 10.0. The van der Waals surface area contributed by atoms with E-state index < -0.39 is 0 Å². The first-order chi connectivity index (χ1) is 9.24. The van der Waals surface area contributed by atoms with Gasteiger partial charge in [-0.2, -0.15) is 0 Å². The second-order valence-corrected chi connectivity index (χ2v) is 4.88. The Morgan fingerprint density at radius 1 is 1.42 bits per heavy atom. The molecule has 106 valence electrons. The topological polar surface area (TPSA) is 47.9 Å². The first kappa shape index (κ1) is 14.8. The van der Waals surface area contributed by atoms with Crippen LogP contribution in [0.5, 0.6) is 0 Å². The molecule has 0 amide bonds. The fraction of sp³-hybridized carbons (Fsp3) is 0.571. The third kappa shape index (κ3) is 3.91. The fourth-order valence-corrected chi connectivity index (χ4v) is 2.16. The van der Waals surface area contributed by atoms with Crippen molar-refractivity contribution in [3.8, 4) is 0 Å². The van der Waals surface area contributed by atoms with Crippen LogP contribution in [0.15, 0.2) is 24.3 Å². The minimum absolute atomic E-state index is 0.0763. The summed E-state index contributed by atoms with van der Waals surface area (Å²) in [6, 6.07) is 7.52. The fourth-order valence-electron chi connectivity index (χ4n) is 1.97. The van der Waals surface area contributed by atoms with Crippen molar-refractivity contribution in [3.05, 3.63) is 34.9 Å².